The Balaban J connectivity index is 1.71. The second-order valence-corrected chi connectivity index (χ2v) is 6.60. The van der Waals surface area contributed by atoms with E-state index >= 15 is 0 Å². The van der Waals surface area contributed by atoms with Crippen molar-refractivity contribution in [1.82, 2.24) is 0 Å². The van der Waals surface area contributed by atoms with Gasteiger partial charge < -0.3 is 0 Å². The summed E-state index contributed by atoms with van der Waals surface area (Å²) in [5.74, 6) is 0. The third-order valence-electron chi connectivity index (χ3n) is 4.83. The molecule has 0 fully saturated rings. The molecular formula is C21H16N4O4. The largest absolute Gasteiger partial charge is 0.269 e. The van der Waals surface area contributed by atoms with Crippen LogP contribution >= 0.6 is 0 Å². The molecule has 0 bridgehead atoms. The van der Waals surface area contributed by atoms with Gasteiger partial charge in [-0.05, 0) is 35.4 Å². The van der Waals surface area contributed by atoms with E-state index in [-0.39, 0.29) is 17.4 Å². The number of hydrazone groups is 1. The van der Waals surface area contributed by atoms with Crippen LogP contribution in [0.1, 0.15) is 23.6 Å². The third-order valence-corrected chi connectivity index (χ3v) is 4.83. The van der Waals surface area contributed by atoms with Crippen molar-refractivity contribution >= 4 is 22.8 Å². The normalized spacial score (nSPS) is 15.8. The van der Waals surface area contributed by atoms with Crippen LogP contribution in [0.15, 0.2) is 84.0 Å². The van der Waals surface area contributed by atoms with Gasteiger partial charge in [-0.1, -0.05) is 30.3 Å². The molecule has 1 atom stereocenters. The van der Waals surface area contributed by atoms with Gasteiger partial charge in [0.15, 0.2) is 0 Å². The molecule has 144 valence electrons. The second kappa shape index (κ2) is 7.51. The van der Waals surface area contributed by atoms with Crippen LogP contribution in [0.25, 0.3) is 0 Å². The zero-order valence-electron chi connectivity index (χ0n) is 15.2. The topological polar surface area (TPSA) is 102 Å². The fourth-order valence-corrected chi connectivity index (χ4v) is 3.36. The van der Waals surface area contributed by atoms with E-state index in [4.69, 9.17) is 5.10 Å². The first kappa shape index (κ1) is 18.3. The molecule has 0 saturated carbocycles. The lowest BCUT2D eigenvalue weighted by Crippen LogP contribution is -2.18. The van der Waals surface area contributed by atoms with Crippen molar-refractivity contribution in [3.8, 4) is 0 Å². The van der Waals surface area contributed by atoms with E-state index in [1.165, 1.54) is 24.3 Å². The highest BCUT2D eigenvalue weighted by Gasteiger charge is 2.30. The monoisotopic (exact) mass is 388 g/mol. The Morgan fingerprint density at radius 1 is 0.793 bits per heavy atom. The number of benzene rings is 3. The molecule has 3 aromatic rings. The van der Waals surface area contributed by atoms with E-state index in [2.05, 4.69) is 0 Å². The molecule has 8 nitrogen and oxygen atoms in total. The van der Waals surface area contributed by atoms with Crippen LogP contribution in [0.3, 0.4) is 0 Å². The molecule has 0 unspecified atom stereocenters. The lowest BCUT2D eigenvalue weighted by Gasteiger charge is -2.23. The maximum Gasteiger partial charge on any atom is 0.269 e. The Kier molecular flexibility index (Phi) is 4.74. The number of anilines is 1. The van der Waals surface area contributed by atoms with Crippen molar-refractivity contribution in [3.63, 3.8) is 0 Å². The SMILES string of the molecule is O=[N+]([O-])c1ccc(C2=NN(c3ccc([N+](=O)[O-])cc3)[C@H](c3ccccc3)C2)cc1. The number of rotatable bonds is 5. The molecule has 0 aliphatic carbocycles. The van der Waals surface area contributed by atoms with Gasteiger partial charge in [0.1, 0.15) is 0 Å². The van der Waals surface area contributed by atoms with E-state index < -0.39 is 9.85 Å². The Labute approximate surface area is 166 Å². The first-order valence-electron chi connectivity index (χ1n) is 8.94. The molecule has 0 N–H and O–H groups in total. The summed E-state index contributed by atoms with van der Waals surface area (Å²) in [6.45, 7) is 0. The van der Waals surface area contributed by atoms with Crippen molar-refractivity contribution in [2.75, 3.05) is 5.01 Å². The molecule has 29 heavy (non-hydrogen) atoms. The number of hydrogen-bond acceptors (Lipinski definition) is 6. The first-order chi connectivity index (χ1) is 14.0. The minimum atomic E-state index is -0.436. The highest BCUT2D eigenvalue weighted by molar-refractivity contribution is 6.03. The van der Waals surface area contributed by atoms with Crippen molar-refractivity contribution < 1.29 is 9.85 Å². The average Bonchev–Trinajstić information content (AvgIpc) is 3.20. The molecule has 1 aliphatic rings. The number of nitro groups is 2. The molecule has 1 aliphatic heterocycles. The maximum atomic E-state index is 10.9. The number of nitrogens with zero attached hydrogens (tertiary/aromatic N) is 4. The zero-order valence-corrected chi connectivity index (χ0v) is 15.2. The van der Waals surface area contributed by atoms with Crippen molar-refractivity contribution in [2.24, 2.45) is 5.10 Å². The van der Waals surface area contributed by atoms with Gasteiger partial charge in [-0.2, -0.15) is 5.10 Å². The van der Waals surface area contributed by atoms with Crippen molar-refractivity contribution in [2.45, 2.75) is 12.5 Å². The predicted octanol–water partition coefficient (Wildman–Crippen LogP) is 4.86. The minimum absolute atomic E-state index is 0.0174. The molecule has 8 heteroatoms. The van der Waals surface area contributed by atoms with Crippen LogP contribution < -0.4 is 5.01 Å². The van der Waals surface area contributed by atoms with Crippen LogP contribution in [-0.4, -0.2) is 15.6 Å². The zero-order chi connectivity index (χ0) is 20.4. The standard InChI is InChI=1S/C21H16N4O4/c26-24(27)18-8-6-15(7-9-18)20-14-21(16-4-2-1-3-5-16)23(22-20)17-10-12-19(13-11-17)25(28)29/h1-13,21H,14H2/t21-/m0/s1. The van der Waals surface area contributed by atoms with Crippen LogP contribution in [0.2, 0.25) is 0 Å². The van der Waals surface area contributed by atoms with Crippen LogP contribution in [0.4, 0.5) is 17.1 Å². The van der Waals surface area contributed by atoms with Crippen LogP contribution in [-0.2, 0) is 0 Å². The Bertz CT molecular complexity index is 1080. The van der Waals surface area contributed by atoms with Gasteiger partial charge in [-0.25, -0.2) is 0 Å². The summed E-state index contributed by atoms with van der Waals surface area (Å²) < 4.78 is 0. The summed E-state index contributed by atoms with van der Waals surface area (Å²) in [4.78, 5) is 21.0. The second-order valence-electron chi connectivity index (χ2n) is 6.60. The number of hydrogen-bond donors (Lipinski definition) is 0. The lowest BCUT2D eigenvalue weighted by atomic mass is 9.98. The van der Waals surface area contributed by atoms with E-state index in [9.17, 15) is 20.2 Å². The molecule has 0 radical (unpaired) electrons. The molecule has 3 aromatic carbocycles. The van der Waals surface area contributed by atoms with Gasteiger partial charge in [0.2, 0.25) is 0 Å². The molecular weight excluding hydrogens is 372 g/mol. The molecule has 0 saturated heterocycles. The van der Waals surface area contributed by atoms with Gasteiger partial charge in [-0.3, -0.25) is 25.2 Å². The van der Waals surface area contributed by atoms with Crippen molar-refractivity contribution in [1.29, 1.82) is 0 Å². The van der Waals surface area contributed by atoms with Gasteiger partial charge in [0, 0.05) is 30.7 Å². The molecule has 4 rings (SSSR count). The van der Waals surface area contributed by atoms with Crippen molar-refractivity contribution in [3.05, 3.63) is 110 Å². The summed E-state index contributed by atoms with van der Waals surface area (Å²) >= 11 is 0. The van der Waals surface area contributed by atoms with Gasteiger partial charge in [0.25, 0.3) is 11.4 Å². The summed E-state index contributed by atoms with van der Waals surface area (Å²) in [5, 5.41) is 28.4. The predicted molar refractivity (Wildman–Crippen MR) is 109 cm³/mol. The highest BCUT2D eigenvalue weighted by Crippen LogP contribution is 2.37. The fourth-order valence-electron chi connectivity index (χ4n) is 3.36. The molecule has 0 spiro atoms. The summed E-state index contributed by atoms with van der Waals surface area (Å²) in [5.41, 5.74) is 3.45. The third kappa shape index (κ3) is 3.68. The molecule has 0 aromatic heterocycles. The van der Waals surface area contributed by atoms with E-state index in [0.717, 1.165) is 22.5 Å². The molecule has 0 amide bonds. The van der Waals surface area contributed by atoms with E-state index in [0.29, 0.717) is 6.42 Å². The smallest absolute Gasteiger partial charge is 0.258 e. The average molecular weight is 388 g/mol. The minimum Gasteiger partial charge on any atom is -0.258 e. The highest BCUT2D eigenvalue weighted by atomic mass is 16.6. The van der Waals surface area contributed by atoms with Gasteiger partial charge in [0.05, 0.1) is 27.3 Å². The Hall–Kier alpha value is -4.07. The van der Waals surface area contributed by atoms with Crippen LogP contribution in [0, 0.1) is 20.2 Å². The van der Waals surface area contributed by atoms with Gasteiger partial charge in [-0.15, -0.1) is 0 Å². The van der Waals surface area contributed by atoms with E-state index in [1.54, 1.807) is 24.3 Å². The summed E-state index contributed by atoms with van der Waals surface area (Å²) in [6, 6.07) is 22.4. The van der Waals surface area contributed by atoms with Gasteiger partial charge >= 0.3 is 0 Å². The Morgan fingerprint density at radius 3 is 1.90 bits per heavy atom. The number of nitro benzene ring substituents is 2. The van der Waals surface area contributed by atoms with Crippen LogP contribution in [0.5, 0.6) is 0 Å². The summed E-state index contributed by atoms with van der Waals surface area (Å²) in [7, 11) is 0. The maximum absolute atomic E-state index is 10.9. The Morgan fingerprint density at radius 2 is 1.34 bits per heavy atom. The van der Waals surface area contributed by atoms with E-state index in [1.807, 2.05) is 35.3 Å². The molecule has 1 heterocycles. The summed E-state index contributed by atoms with van der Waals surface area (Å²) in [6.07, 6.45) is 0.610. The quantitative estimate of drug-likeness (QED) is 0.459. The fraction of sp³-hybridized carbons (Fsp3) is 0.0952. The first-order valence-corrected chi connectivity index (χ1v) is 8.94. The number of non-ortho nitro benzene ring substituents is 2. The lowest BCUT2D eigenvalue weighted by molar-refractivity contribution is -0.385.